The molecule has 11 N–H and O–H groups in total. The minimum atomic E-state index is -0.327. The second kappa shape index (κ2) is 43.9. The molecule has 0 aliphatic carbocycles. The summed E-state index contributed by atoms with van der Waals surface area (Å²) in [5.74, 6) is -1.72. The maximum Gasteiger partial charge on any atom is 0.253 e. The number of ether oxygens (including phenoxy) is 4. The normalized spacial score (nSPS) is 16.9. The molecule has 7 amide bonds. The third kappa shape index (κ3) is 29.7. The van der Waals surface area contributed by atoms with Crippen LogP contribution in [0.5, 0.6) is 0 Å². The van der Waals surface area contributed by atoms with Crippen LogP contribution in [0.25, 0.3) is 21.8 Å². The number of hydrogen-bond donors (Lipinski definition) is 10. The third-order valence-corrected chi connectivity index (χ3v) is 13.8. The van der Waals surface area contributed by atoms with Crippen LogP contribution in [-0.4, -0.2) is 280 Å². The first-order chi connectivity index (χ1) is 42.5. The highest BCUT2D eigenvalue weighted by Gasteiger charge is 2.24. The molecular weight excluding hydrogens is 1120 g/mol. The van der Waals surface area contributed by atoms with Gasteiger partial charge in [-0.15, -0.1) is 0 Å². The zero-order valence-electron chi connectivity index (χ0n) is 50.3. The lowest BCUT2D eigenvalue weighted by molar-refractivity contribution is -0.139. The summed E-state index contributed by atoms with van der Waals surface area (Å²) in [6.07, 6.45) is 10.5. The fraction of sp³-hybridized carbons (Fsp3) is 0.593. The molecule has 2 saturated heterocycles. The zero-order chi connectivity index (χ0) is 61.9. The van der Waals surface area contributed by atoms with Crippen LogP contribution in [0.2, 0.25) is 0 Å². The highest BCUT2D eigenvalue weighted by Crippen LogP contribution is 2.29. The molecule has 0 spiro atoms. The van der Waals surface area contributed by atoms with Crippen molar-refractivity contribution < 1.29 is 57.3 Å². The number of benzene rings is 1. The van der Waals surface area contributed by atoms with Gasteiger partial charge in [-0.1, -0.05) is 6.07 Å². The standard InChI is InChI=1S/C23H22N4O5.C22H39N5O5.C14H31N7O2/c28-19(7-11-31-13-14-32-12-10-27-20(29)5-6-21(27)30)26-18-15-16-3-1-8-24-22(16)23-17(18)4-2-9-25-23;28-20(2-1-12-26-13-10-24-8-6-23-7-9-25-11-14-26)5-16-31-18-19-32-17-15-27-21(29)3-4-22(27)30;15-11-13(22)20-12-14(23)19-7-10-21-8-5-17-3-1-16-2-4-18-6-9-21/h1-6,8-9,15H,7,10-14H2,(H,26,28);3-4,23-25H,1-2,5-19H2;16-18H,1-12,15H2,(H,19,23)(H,20,22). The molecular formula is C59H92N16O12. The molecule has 28 nitrogen and oxygen atoms in total. The van der Waals surface area contributed by atoms with Gasteiger partial charge in [-0.3, -0.25) is 63.0 Å². The quantitative estimate of drug-likeness (QED) is 0.0189. The Morgan fingerprint density at radius 2 is 0.954 bits per heavy atom. The number of pyridine rings is 2. The number of fused-ring (bicyclic) bond motifs is 3. The maximum absolute atomic E-state index is 12.4. The van der Waals surface area contributed by atoms with Gasteiger partial charge in [-0.25, -0.2) is 0 Å². The molecule has 0 unspecified atom stereocenters. The van der Waals surface area contributed by atoms with E-state index in [2.05, 4.69) is 67.6 Å². The lowest BCUT2D eigenvalue weighted by Crippen LogP contribution is -2.45. The van der Waals surface area contributed by atoms with Crippen molar-refractivity contribution >= 4 is 74.6 Å². The summed E-state index contributed by atoms with van der Waals surface area (Å²) in [6, 6.07) is 9.39. The fourth-order valence-corrected chi connectivity index (χ4v) is 9.07. The van der Waals surface area contributed by atoms with Crippen LogP contribution < -0.4 is 53.6 Å². The molecule has 0 bridgehead atoms. The number of hydrogen-bond acceptors (Lipinski definition) is 23. The van der Waals surface area contributed by atoms with Crippen molar-refractivity contribution in [3.63, 3.8) is 0 Å². The van der Waals surface area contributed by atoms with Crippen LogP contribution in [0.3, 0.4) is 0 Å². The van der Waals surface area contributed by atoms with Crippen LogP contribution in [0.15, 0.2) is 67.0 Å². The van der Waals surface area contributed by atoms with Gasteiger partial charge < -0.3 is 77.4 Å². The predicted octanol–water partition coefficient (Wildman–Crippen LogP) is -2.90. The monoisotopic (exact) mass is 1220 g/mol. The van der Waals surface area contributed by atoms with E-state index < -0.39 is 0 Å². The first-order valence-corrected chi connectivity index (χ1v) is 30.3. The molecule has 4 aliphatic heterocycles. The number of rotatable bonds is 29. The summed E-state index contributed by atoms with van der Waals surface area (Å²) in [4.78, 5) is 109. The molecule has 7 rings (SSSR count). The van der Waals surface area contributed by atoms with Crippen molar-refractivity contribution in [3.8, 4) is 0 Å². The Hall–Kier alpha value is -6.64. The molecule has 0 radical (unpaired) electrons. The lowest BCUT2D eigenvalue weighted by Gasteiger charge is -2.23. The average Bonchev–Trinajstić information content (AvgIpc) is 2.59. The second-order valence-corrected chi connectivity index (χ2v) is 20.4. The van der Waals surface area contributed by atoms with Gasteiger partial charge in [0.1, 0.15) is 5.78 Å². The Balaban J connectivity index is 0.000000242. The number of amides is 7. The van der Waals surface area contributed by atoms with Gasteiger partial charge in [0.05, 0.1) is 102 Å². The third-order valence-electron chi connectivity index (χ3n) is 13.8. The summed E-state index contributed by atoms with van der Waals surface area (Å²) < 4.78 is 21.7. The molecule has 2 fully saturated rings. The summed E-state index contributed by atoms with van der Waals surface area (Å²) in [5, 5.41) is 30.4. The molecule has 4 aliphatic rings. The molecule has 1 aromatic carbocycles. The van der Waals surface area contributed by atoms with Crippen molar-refractivity contribution in [1.82, 2.24) is 72.1 Å². The number of imide groups is 2. The Bertz CT molecular complexity index is 2590. The smallest absolute Gasteiger partial charge is 0.253 e. The van der Waals surface area contributed by atoms with Crippen molar-refractivity contribution in [2.75, 3.05) is 209 Å². The first kappa shape index (κ1) is 71.1. The second-order valence-electron chi connectivity index (χ2n) is 20.4. The van der Waals surface area contributed by atoms with E-state index in [9.17, 15) is 38.4 Å². The minimum absolute atomic E-state index is 0.0217. The molecule has 6 heterocycles. The zero-order valence-corrected chi connectivity index (χ0v) is 50.3. The Morgan fingerprint density at radius 1 is 0.494 bits per heavy atom. The van der Waals surface area contributed by atoms with Gasteiger partial charge in [0.15, 0.2) is 0 Å². The summed E-state index contributed by atoms with van der Waals surface area (Å²) >= 11 is 0. The van der Waals surface area contributed by atoms with Crippen molar-refractivity contribution in [2.45, 2.75) is 25.7 Å². The number of nitrogens with two attached hydrogens (primary N) is 1. The molecule has 3 aromatic rings. The Kier molecular flexibility index (Phi) is 35.9. The van der Waals surface area contributed by atoms with E-state index in [1.165, 1.54) is 24.3 Å². The van der Waals surface area contributed by atoms with Crippen LogP contribution >= 0.6 is 0 Å². The van der Waals surface area contributed by atoms with Gasteiger partial charge in [0.2, 0.25) is 17.7 Å². The van der Waals surface area contributed by atoms with Gasteiger partial charge in [-0.2, -0.15) is 0 Å². The largest absolute Gasteiger partial charge is 0.379 e. The predicted molar refractivity (Wildman–Crippen MR) is 329 cm³/mol. The molecule has 0 saturated carbocycles. The van der Waals surface area contributed by atoms with E-state index in [1.54, 1.807) is 12.4 Å². The van der Waals surface area contributed by atoms with Crippen molar-refractivity contribution in [3.05, 3.63) is 67.0 Å². The number of anilines is 1. The SMILES string of the molecule is NCC(=O)NCC(=O)NCCN1CCNCCNCCNCC1.O=C(CCCN1CCNCCNCCNCC1)CCOCCOCCN1C(=O)C=CC1=O.O=C(CCOCCOCCN1C(=O)C=CC1=O)Nc1cc2cccnc2c2ncccc12. The Morgan fingerprint density at radius 3 is 1.47 bits per heavy atom. The molecule has 0 atom stereocenters. The number of nitrogens with one attached hydrogen (secondary N) is 9. The highest BCUT2D eigenvalue weighted by atomic mass is 16.5. The highest BCUT2D eigenvalue weighted by molar-refractivity contribution is 6.14. The van der Waals surface area contributed by atoms with Crippen molar-refractivity contribution in [2.24, 2.45) is 5.73 Å². The van der Waals surface area contributed by atoms with Crippen LogP contribution in [0.1, 0.15) is 25.7 Å². The Labute approximate surface area is 509 Å². The van der Waals surface area contributed by atoms with Crippen LogP contribution in [-0.2, 0) is 57.3 Å². The maximum atomic E-state index is 12.4. The van der Waals surface area contributed by atoms with E-state index in [0.29, 0.717) is 58.1 Å². The number of carbonyl (C=O) groups excluding carboxylic acids is 8. The van der Waals surface area contributed by atoms with E-state index in [1.807, 2.05) is 30.3 Å². The summed E-state index contributed by atoms with van der Waals surface area (Å²) in [5.41, 5.74) is 7.37. The van der Waals surface area contributed by atoms with Gasteiger partial charge in [-0.05, 0) is 37.2 Å². The van der Waals surface area contributed by atoms with Crippen molar-refractivity contribution in [1.29, 1.82) is 0 Å². The molecule has 480 valence electrons. The molecule has 87 heavy (non-hydrogen) atoms. The number of ketones is 1. The fourth-order valence-electron chi connectivity index (χ4n) is 9.07. The first-order valence-electron chi connectivity index (χ1n) is 30.3. The average molecular weight is 1220 g/mol. The number of Topliss-reactive ketones (excluding diaryl/α,β-unsaturated/α-hetero) is 1. The topological polar surface area (TPSA) is 347 Å². The minimum Gasteiger partial charge on any atom is -0.379 e. The summed E-state index contributed by atoms with van der Waals surface area (Å²) in [7, 11) is 0. The number of carbonyl (C=O) groups is 8. The van der Waals surface area contributed by atoms with Gasteiger partial charge >= 0.3 is 0 Å². The molecule has 2 aromatic heterocycles. The number of nitrogens with zero attached hydrogens (tertiary/aromatic N) is 6. The van der Waals surface area contributed by atoms with E-state index in [-0.39, 0.29) is 99.6 Å². The lowest BCUT2D eigenvalue weighted by atomic mass is 10.1. The molecule has 28 heteroatoms. The van der Waals surface area contributed by atoms with E-state index >= 15 is 0 Å². The van der Waals surface area contributed by atoms with E-state index in [4.69, 9.17) is 24.7 Å². The summed E-state index contributed by atoms with van der Waals surface area (Å²) in [6.45, 7) is 20.6. The van der Waals surface area contributed by atoms with Crippen LogP contribution in [0, 0.1) is 0 Å². The number of aromatic nitrogens is 2. The van der Waals surface area contributed by atoms with Crippen LogP contribution in [0.4, 0.5) is 5.69 Å². The van der Waals surface area contributed by atoms with Gasteiger partial charge in [0.25, 0.3) is 23.6 Å². The van der Waals surface area contributed by atoms with Gasteiger partial charge in [0, 0.05) is 178 Å². The van der Waals surface area contributed by atoms with E-state index in [0.717, 1.165) is 156 Å².